The SMILES string of the molecule is O=C(Nc1ccc(OCC(F)(F)F)nc1)c1cn[nH]c1. The number of H-pyrrole nitrogens is 1. The molecule has 0 aliphatic rings. The Labute approximate surface area is 111 Å². The quantitative estimate of drug-likeness (QED) is 0.900. The Bertz CT molecular complexity index is 566. The third kappa shape index (κ3) is 3.97. The van der Waals surface area contributed by atoms with Crippen LogP contribution in [0.5, 0.6) is 5.88 Å². The van der Waals surface area contributed by atoms with Crippen LogP contribution < -0.4 is 10.1 Å². The van der Waals surface area contributed by atoms with E-state index in [1.54, 1.807) is 0 Å². The highest BCUT2D eigenvalue weighted by Gasteiger charge is 2.28. The van der Waals surface area contributed by atoms with Crippen LogP contribution in [0.3, 0.4) is 0 Å². The first-order valence-electron chi connectivity index (χ1n) is 5.40. The lowest BCUT2D eigenvalue weighted by atomic mass is 10.3. The van der Waals surface area contributed by atoms with Gasteiger partial charge >= 0.3 is 6.18 Å². The van der Waals surface area contributed by atoms with Gasteiger partial charge in [-0.1, -0.05) is 0 Å². The number of amides is 1. The maximum absolute atomic E-state index is 11.9. The van der Waals surface area contributed by atoms with Gasteiger partial charge in [0.1, 0.15) is 0 Å². The first kappa shape index (κ1) is 13.8. The van der Waals surface area contributed by atoms with E-state index in [1.807, 2.05) is 0 Å². The monoisotopic (exact) mass is 286 g/mol. The van der Waals surface area contributed by atoms with Crippen molar-refractivity contribution in [1.29, 1.82) is 0 Å². The molecule has 0 radical (unpaired) electrons. The Hall–Kier alpha value is -2.58. The molecule has 0 aromatic carbocycles. The average Bonchev–Trinajstić information content (AvgIpc) is 2.91. The second kappa shape index (κ2) is 5.59. The molecule has 6 nitrogen and oxygen atoms in total. The van der Waals surface area contributed by atoms with Crippen LogP contribution in [0.4, 0.5) is 18.9 Å². The van der Waals surface area contributed by atoms with E-state index in [0.717, 1.165) is 0 Å². The summed E-state index contributed by atoms with van der Waals surface area (Å²) in [6.45, 7) is -1.42. The number of hydrogen-bond acceptors (Lipinski definition) is 4. The zero-order valence-electron chi connectivity index (χ0n) is 9.94. The minimum Gasteiger partial charge on any atom is -0.468 e. The lowest BCUT2D eigenvalue weighted by Crippen LogP contribution is -2.19. The van der Waals surface area contributed by atoms with Crippen molar-refractivity contribution in [1.82, 2.24) is 15.2 Å². The van der Waals surface area contributed by atoms with E-state index in [9.17, 15) is 18.0 Å². The zero-order chi connectivity index (χ0) is 14.6. The average molecular weight is 286 g/mol. The number of rotatable bonds is 4. The van der Waals surface area contributed by atoms with E-state index in [0.29, 0.717) is 11.3 Å². The number of alkyl halides is 3. The van der Waals surface area contributed by atoms with Crippen LogP contribution in [0.2, 0.25) is 0 Å². The Morgan fingerprint density at radius 3 is 2.70 bits per heavy atom. The summed E-state index contributed by atoms with van der Waals surface area (Å²) in [6.07, 6.45) is -0.479. The summed E-state index contributed by atoms with van der Waals surface area (Å²) < 4.78 is 40.2. The summed E-state index contributed by atoms with van der Waals surface area (Å²) in [5.41, 5.74) is 0.651. The predicted octanol–water partition coefficient (Wildman–Crippen LogP) is 2.00. The van der Waals surface area contributed by atoms with Crippen molar-refractivity contribution in [3.63, 3.8) is 0 Å². The fourth-order valence-corrected chi connectivity index (χ4v) is 1.27. The van der Waals surface area contributed by atoms with E-state index in [1.165, 1.54) is 30.7 Å². The van der Waals surface area contributed by atoms with Gasteiger partial charge in [0.2, 0.25) is 5.88 Å². The topological polar surface area (TPSA) is 79.9 Å². The summed E-state index contributed by atoms with van der Waals surface area (Å²) in [5, 5.41) is 8.61. The molecule has 2 aromatic rings. The Kier molecular flexibility index (Phi) is 3.87. The number of nitrogens with one attached hydrogen (secondary N) is 2. The molecule has 9 heteroatoms. The van der Waals surface area contributed by atoms with Crippen LogP contribution in [0.1, 0.15) is 10.4 Å². The number of carbonyl (C=O) groups excluding carboxylic acids is 1. The molecule has 2 N–H and O–H groups in total. The van der Waals surface area contributed by atoms with Gasteiger partial charge in [0.05, 0.1) is 23.6 Å². The molecular formula is C11H9F3N4O2. The lowest BCUT2D eigenvalue weighted by molar-refractivity contribution is -0.154. The fraction of sp³-hybridized carbons (Fsp3) is 0.182. The van der Waals surface area contributed by atoms with Crippen molar-refractivity contribution in [3.05, 3.63) is 36.3 Å². The van der Waals surface area contributed by atoms with Gasteiger partial charge in [-0.25, -0.2) is 4.98 Å². The molecule has 0 fully saturated rings. The molecular weight excluding hydrogens is 277 g/mol. The first-order valence-corrected chi connectivity index (χ1v) is 5.40. The maximum Gasteiger partial charge on any atom is 0.422 e. The maximum atomic E-state index is 11.9. The molecule has 0 unspecified atom stereocenters. The summed E-state index contributed by atoms with van der Waals surface area (Å²) in [5.74, 6) is -0.590. The van der Waals surface area contributed by atoms with Gasteiger partial charge in [-0.2, -0.15) is 18.3 Å². The largest absolute Gasteiger partial charge is 0.468 e. The molecule has 0 saturated heterocycles. The predicted molar refractivity (Wildman–Crippen MR) is 62.3 cm³/mol. The van der Waals surface area contributed by atoms with E-state index in [-0.39, 0.29) is 5.88 Å². The third-order valence-corrected chi connectivity index (χ3v) is 2.14. The van der Waals surface area contributed by atoms with Crippen molar-refractivity contribution in [3.8, 4) is 5.88 Å². The van der Waals surface area contributed by atoms with Gasteiger partial charge < -0.3 is 10.1 Å². The minimum atomic E-state index is -4.42. The second-order valence-corrected chi connectivity index (χ2v) is 3.73. The molecule has 0 spiro atoms. The standard InChI is InChI=1S/C11H9F3N4O2/c12-11(13,14)6-20-9-2-1-8(5-15-9)18-10(19)7-3-16-17-4-7/h1-5H,6H2,(H,16,17)(H,18,19). The normalized spacial score (nSPS) is 11.2. The van der Waals surface area contributed by atoms with E-state index >= 15 is 0 Å². The molecule has 0 bridgehead atoms. The van der Waals surface area contributed by atoms with Gasteiger partial charge in [-0.3, -0.25) is 9.89 Å². The zero-order valence-corrected chi connectivity index (χ0v) is 9.94. The van der Waals surface area contributed by atoms with E-state index in [2.05, 4.69) is 25.2 Å². The first-order chi connectivity index (χ1) is 9.44. The molecule has 0 aliphatic carbocycles. The Morgan fingerprint density at radius 1 is 1.35 bits per heavy atom. The van der Waals surface area contributed by atoms with Crippen LogP contribution >= 0.6 is 0 Å². The van der Waals surface area contributed by atoms with Gasteiger partial charge in [-0.15, -0.1) is 0 Å². The molecule has 2 heterocycles. The molecule has 2 aromatic heterocycles. The number of pyridine rings is 1. The highest BCUT2D eigenvalue weighted by Crippen LogP contribution is 2.18. The van der Waals surface area contributed by atoms with Crippen LogP contribution in [0, 0.1) is 0 Å². The number of nitrogens with zero attached hydrogens (tertiary/aromatic N) is 2. The van der Waals surface area contributed by atoms with Gasteiger partial charge in [0.15, 0.2) is 6.61 Å². The number of aromatic amines is 1. The molecule has 0 saturated carbocycles. The highest BCUT2D eigenvalue weighted by molar-refractivity contribution is 6.03. The Balaban J connectivity index is 1.93. The van der Waals surface area contributed by atoms with Crippen molar-refractivity contribution in [2.24, 2.45) is 0 Å². The molecule has 106 valence electrons. The van der Waals surface area contributed by atoms with Crippen LogP contribution in [-0.2, 0) is 0 Å². The summed E-state index contributed by atoms with van der Waals surface area (Å²) >= 11 is 0. The lowest BCUT2D eigenvalue weighted by Gasteiger charge is -2.08. The summed E-state index contributed by atoms with van der Waals surface area (Å²) in [7, 11) is 0. The van der Waals surface area contributed by atoms with Gasteiger partial charge in [0.25, 0.3) is 5.91 Å². The number of anilines is 1. The summed E-state index contributed by atoms with van der Waals surface area (Å²) in [4.78, 5) is 15.3. The van der Waals surface area contributed by atoms with Crippen LogP contribution in [0.15, 0.2) is 30.7 Å². The van der Waals surface area contributed by atoms with Crippen LogP contribution in [-0.4, -0.2) is 33.9 Å². The number of carbonyl (C=O) groups is 1. The molecule has 1 amide bonds. The summed E-state index contributed by atoms with van der Waals surface area (Å²) in [6, 6.07) is 2.62. The van der Waals surface area contributed by atoms with E-state index < -0.39 is 18.7 Å². The molecule has 0 aliphatic heterocycles. The second-order valence-electron chi connectivity index (χ2n) is 3.73. The molecule has 0 atom stereocenters. The van der Waals surface area contributed by atoms with Crippen molar-refractivity contribution in [2.45, 2.75) is 6.18 Å². The van der Waals surface area contributed by atoms with Gasteiger partial charge in [-0.05, 0) is 6.07 Å². The van der Waals surface area contributed by atoms with Crippen molar-refractivity contribution in [2.75, 3.05) is 11.9 Å². The van der Waals surface area contributed by atoms with Crippen molar-refractivity contribution < 1.29 is 22.7 Å². The fourth-order valence-electron chi connectivity index (χ4n) is 1.27. The van der Waals surface area contributed by atoms with Crippen molar-refractivity contribution >= 4 is 11.6 Å². The van der Waals surface area contributed by atoms with Gasteiger partial charge in [0, 0.05) is 12.3 Å². The number of ether oxygens (including phenoxy) is 1. The molecule has 20 heavy (non-hydrogen) atoms. The smallest absolute Gasteiger partial charge is 0.422 e. The van der Waals surface area contributed by atoms with E-state index in [4.69, 9.17) is 0 Å². The number of aromatic nitrogens is 3. The van der Waals surface area contributed by atoms with Crippen LogP contribution in [0.25, 0.3) is 0 Å². The Morgan fingerprint density at radius 2 is 2.15 bits per heavy atom. The highest BCUT2D eigenvalue weighted by atomic mass is 19.4. The third-order valence-electron chi connectivity index (χ3n) is 2.14. The number of hydrogen-bond donors (Lipinski definition) is 2. The molecule has 2 rings (SSSR count). The number of halogens is 3. The minimum absolute atomic E-state index is 0.177.